The monoisotopic (exact) mass is 352 g/mol. The van der Waals surface area contributed by atoms with Gasteiger partial charge in [0.2, 0.25) is 0 Å². The fourth-order valence-corrected chi connectivity index (χ4v) is 3.34. The molecule has 1 aliphatic carbocycles. The van der Waals surface area contributed by atoms with Gasteiger partial charge in [-0.05, 0) is 32.6 Å². The fourth-order valence-electron chi connectivity index (χ4n) is 3.34. The van der Waals surface area contributed by atoms with Crippen molar-refractivity contribution in [2.24, 2.45) is 0 Å². The third kappa shape index (κ3) is 5.16. The van der Waals surface area contributed by atoms with Gasteiger partial charge in [0.1, 0.15) is 5.54 Å². The number of nitriles is 1. The molecule has 1 saturated heterocycles. The summed E-state index contributed by atoms with van der Waals surface area (Å²) in [6.45, 7) is 2.31. The Labute approximate surface area is 149 Å². The molecule has 2 aliphatic rings. The van der Waals surface area contributed by atoms with Gasteiger partial charge >= 0.3 is 5.97 Å². The van der Waals surface area contributed by atoms with Gasteiger partial charge in [0.05, 0.1) is 18.8 Å². The maximum absolute atomic E-state index is 12.3. The maximum Gasteiger partial charge on any atom is 0.335 e. The lowest BCUT2D eigenvalue weighted by molar-refractivity contribution is -0.163. The van der Waals surface area contributed by atoms with E-state index in [0.717, 1.165) is 38.7 Å². The molecule has 7 nitrogen and oxygen atoms in total. The number of likely N-dealkylation sites (N-methyl/N-ethyl adjacent to an activating group) is 1. The standard InChI is InChI=1S/C18H28N2O5/c1-14(24-11-15-7-6-10-23-15)17(22)25-12-16(21)20(2)18(13-19)8-4-3-5-9-18/h14-15H,3-12H2,1-2H3. The van der Waals surface area contributed by atoms with Crippen LogP contribution in [0.5, 0.6) is 0 Å². The molecule has 0 aromatic rings. The molecule has 2 atom stereocenters. The maximum atomic E-state index is 12.3. The Morgan fingerprint density at radius 2 is 2.04 bits per heavy atom. The summed E-state index contributed by atoms with van der Waals surface area (Å²) in [5.41, 5.74) is -0.774. The van der Waals surface area contributed by atoms with Gasteiger partial charge in [-0.25, -0.2) is 4.79 Å². The lowest BCUT2D eigenvalue weighted by Crippen LogP contribution is -2.51. The first-order chi connectivity index (χ1) is 12.0. The van der Waals surface area contributed by atoms with Gasteiger partial charge in [-0.15, -0.1) is 0 Å². The number of ether oxygens (including phenoxy) is 3. The molecule has 2 unspecified atom stereocenters. The molecule has 0 N–H and O–H groups in total. The molecular weight excluding hydrogens is 324 g/mol. The highest BCUT2D eigenvalue weighted by Crippen LogP contribution is 2.32. The van der Waals surface area contributed by atoms with Crippen LogP contribution in [0.4, 0.5) is 0 Å². The molecule has 25 heavy (non-hydrogen) atoms. The summed E-state index contributed by atoms with van der Waals surface area (Å²) in [5.74, 6) is -0.933. The zero-order valence-corrected chi connectivity index (χ0v) is 15.2. The Kier molecular flexibility index (Phi) is 7.21. The smallest absolute Gasteiger partial charge is 0.335 e. The molecule has 7 heteroatoms. The number of carbonyl (C=O) groups is 2. The van der Waals surface area contributed by atoms with Crippen LogP contribution in [-0.4, -0.2) is 61.4 Å². The van der Waals surface area contributed by atoms with Gasteiger partial charge < -0.3 is 19.1 Å². The van der Waals surface area contributed by atoms with Crippen LogP contribution in [0.25, 0.3) is 0 Å². The summed E-state index contributed by atoms with van der Waals surface area (Å²) >= 11 is 0. The van der Waals surface area contributed by atoms with Gasteiger partial charge in [-0.2, -0.15) is 5.26 Å². The van der Waals surface area contributed by atoms with E-state index >= 15 is 0 Å². The van der Waals surface area contributed by atoms with Gasteiger partial charge in [-0.3, -0.25) is 4.79 Å². The van der Waals surface area contributed by atoms with E-state index in [1.165, 1.54) is 4.90 Å². The van der Waals surface area contributed by atoms with E-state index in [1.807, 2.05) is 0 Å². The lowest BCUT2D eigenvalue weighted by atomic mass is 9.81. The number of amides is 1. The minimum Gasteiger partial charge on any atom is -0.454 e. The van der Waals surface area contributed by atoms with E-state index in [-0.39, 0.29) is 18.6 Å². The van der Waals surface area contributed by atoms with Crippen molar-refractivity contribution in [3.63, 3.8) is 0 Å². The first-order valence-electron chi connectivity index (χ1n) is 9.06. The number of rotatable bonds is 7. The van der Waals surface area contributed by atoms with Crippen LogP contribution in [0, 0.1) is 11.3 Å². The summed E-state index contributed by atoms with van der Waals surface area (Å²) in [6.07, 6.45) is 5.50. The minimum absolute atomic E-state index is 0.0322. The number of esters is 1. The van der Waals surface area contributed by atoms with Crippen LogP contribution in [-0.2, 0) is 23.8 Å². The average molecular weight is 352 g/mol. The van der Waals surface area contributed by atoms with Gasteiger partial charge in [0.25, 0.3) is 5.91 Å². The predicted octanol–water partition coefficient (Wildman–Crippen LogP) is 1.80. The molecule has 2 fully saturated rings. The summed E-state index contributed by atoms with van der Waals surface area (Å²) in [4.78, 5) is 25.8. The van der Waals surface area contributed by atoms with Crippen molar-refractivity contribution >= 4 is 11.9 Å². The lowest BCUT2D eigenvalue weighted by Gasteiger charge is -2.38. The molecule has 0 spiro atoms. The van der Waals surface area contributed by atoms with Gasteiger partial charge in [-0.1, -0.05) is 19.3 Å². The Balaban J connectivity index is 1.75. The van der Waals surface area contributed by atoms with Crippen LogP contribution in [0.3, 0.4) is 0 Å². The Morgan fingerprint density at radius 3 is 2.64 bits per heavy atom. The van der Waals surface area contributed by atoms with Crippen LogP contribution in [0.15, 0.2) is 0 Å². The van der Waals surface area contributed by atoms with E-state index in [4.69, 9.17) is 14.2 Å². The predicted molar refractivity (Wildman–Crippen MR) is 89.5 cm³/mol. The molecule has 2 rings (SSSR count). The summed E-state index contributed by atoms with van der Waals surface area (Å²) in [7, 11) is 1.61. The molecular formula is C18H28N2O5. The van der Waals surface area contributed by atoms with E-state index in [9.17, 15) is 14.9 Å². The largest absolute Gasteiger partial charge is 0.454 e. The Bertz CT molecular complexity index is 504. The third-order valence-electron chi connectivity index (χ3n) is 5.13. The van der Waals surface area contributed by atoms with E-state index in [2.05, 4.69) is 6.07 Å². The second-order valence-electron chi connectivity index (χ2n) is 6.88. The minimum atomic E-state index is -0.774. The zero-order valence-electron chi connectivity index (χ0n) is 15.2. The molecule has 0 radical (unpaired) electrons. The average Bonchev–Trinajstić information content (AvgIpc) is 3.17. The number of hydrogen-bond donors (Lipinski definition) is 0. The highest BCUT2D eigenvalue weighted by molar-refractivity contribution is 5.82. The Morgan fingerprint density at radius 1 is 1.32 bits per heavy atom. The van der Waals surface area contributed by atoms with Crippen LogP contribution in [0.1, 0.15) is 51.9 Å². The second kappa shape index (κ2) is 9.16. The van der Waals surface area contributed by atoms with Crippen molar-refractivity contribution in [1.82, 2.24) is 4.90 Å². The van der Waals surface area contributed by atoms with E-state index < -0.39 is 17.6 Å². The number of nitrogens with zero attached hydrogens (tertiary/aromatic N) is 2. The van der Waals surface area contributed by atoms with E-state index in [0.29, 0.717) is 19.4 Å². The first-order valence-corrected chi connectivity index (χ1v) is 9.06. The van der Waals surface area contributed by atoms with Crippen LogP contribution < -0.4 is 0 Å². The van der Waals surface area contributed by atoms with Crippen LogP contribution in [0.2, 0.25) is 0 Å². The third-order valence-corrected chi connectivity index (χ3v) is 5.13. The number of carbonyl (C=O) groups excluding carboxylic acids is 2. The molecule has 1 saturated carbocycles. The fraction of sp³-hybridized carbons (Fsp3) is 0.833. The highest BCUT2D eigenvalue weighted by Gasteiger charge is 2.39. The quantitative estimate of drug-likeness (QED) is 0.649. The summed E-state index contributed by atoms with van der Waals surface area (Å²) in [5, 5.41) is 9.52. The second-order valence-corrected chi connectivity index (χ2v) is 6.88. The van der Waals surface area contributed by atoms with Gasteiger partial charge in [0, 0.05) is 13.7 Å². The number of hydrogen-bond acceptors (Lipinski definition) is 6. The zero-order chi connectivity index (χ0) is 18.3. The highest BCUT2D eigenvalue weighted by atomic mass is 16.6. The molecule has 1 heterocycles. The molecule has 140 valence electrons. The SMILES string of the molecule is CC(OCC1CCCO1)C(=O)OCC(=O)N(C)C1(C#N)CCCCC1. The normalized spacial score (nSPS) is 23.5. The molecule has 0 aromatic carbocycles. The molecule has 1 amide bonds. The van der Waals surface area contributed by atoms with Crippen LogP contribution >= 0.6 is 0 Å². The van der Waals surface area contributed by atoms with Crippen molar-refractivity contribution < 1.29 is 23.8 Å². The van der Waals surface area contributed by atoms with Crippen molar-refractivity contribution in [3.8, 4) is 6.07 Å². The molecule has 0 bridgehead atoms. The molecule has 1 aliphatic heterocycles. The topological polar surface area (TPSA) is 88.9 Å². The Hall–Kier alpha value is -1.65. The molecule has 0 aromatic heterocycles. The summed E-state index contributed by atoms with van der Waals surface area (Å²) in [6, 6.07) is 2.29. The van der Waals surface area contributed by atoms with Crippen molar-refractivity contribution in [3.05, 3.63) is 0 Å². The van der Waals surface area contributed by atoms with Gasteiger partial charge in [0.15, 0.2) is 12.7 Å². The van der Waals surface area contributed by atoms with Crippen molar-refractivity contribution in [2.75, 3.05) is 26.9 Å². The first kappa shape index (κ1) is 19.7. The van der Waals surface area contributed by atoms with E-state index in [1.54, 1.807) is 14.0 Å². The summed E-state index contributed by atoms with van der Waals surface area (Å²) < 4.78 is 16.0. The van der Waals surface area contributed by atoms with Crippen molar-refractivity contribution in [2.45, 2.75) is 69.6 Å². The van der Waals surface area contributed by atoms with Crippen molar-refractivity contribution in [1.29, 1.82) is 5.26 Å².